The Hall–Kier alpha value is -4.74. The van der Waals surface area contributed by atoms with E-state index in [1.165, 1.54) is 16.8 Å². The number of benzene rings is 1. The van der Waals surface area contributed by atoms with Crippen molar-refractivity contribution in [3.05, 3.63) is 59.8 Å². The van der Waals surface area contributed by atoms with Crippen molar-refractivity contribution in [3.63, 3.8) is 0 Å². The van der Waals surface area contributed by atoms with Crippen molar-refractivity contribution in [2.45, 2.75) is 19.6 Å². The third kappa shape index (κ3) is 4.35. The predicted molar refractivity (Wildman–Crippen MR) is 132 cm³/mol. The van der Waals surface area contributed by atoms with Crippen LogP contribution in [-0.4, -0.2) is 51.6 Å². The number of carbonyl (C=O) groups is 2. The van der Waals surface area contributed by atoms with E-state index in [-0.39, 0.29) is 24.9 Å². The lowest BCUT2D eigenvalue weighted by Crippen LogP contribution is -2.33. The number of nitrogens with one attached hydrogen (secondary N) is 4. The Morgan fingerprint density at radius 2 is 2.06 bits per heavy atom. The zero-order valence-corrected chi connectivity index (χ0v) is 19.5. The molecule has 1 aromatic carbocycles. The molecule has 1 aliphatic heterocycles. The minimum atomic E-state index is -0.502. The van der Waals surface area contributed by atoms with Crippen molar-refractivity contribution in [1.82, 2.24) is 24.9 Å². The van der Waals surface area contributed by atoms with E-state index in [2.05, 4.69) is 31.3 Å². The minimum absolute atomic E-state index is 0.155. The van der Waals surface area contributed by atoms with Gasteiger partial charge in [-0.05, 0) is 30.7 Å². The average Bonchev–Trinajstić information content (AvgIpc) is 3.29. The molecule has 1 aliphatic rings. The maximum atomic E-state index is 14.0. The zero-order chi connectivity index (χ0) is 25.2. The topological polar surface area (TPSA) is 135 Å². The quantitative estimate of drug-likeness (QED) is 0.321. The summed E-state index contributed by atoms with van der Waals surface area (Å²) in [5.41, 5.74) is 3.80. The van der Waals surface area contributed by atoms with E-state index in [1.807, 2.05) is 12.1 Å². The molecule has 11 nitrogen and oxygen atoms in total. The number of aromatic nitrogens is 4. The lowest BCUT2D eigenvalue weighted by molar-refractivity contribution is -0.105. The molecule has 2 amide bonds. The molecule has 4 aromatic rings. The van der Waals surface area contributed by atoms with Gasteiger partial charge in [0.05, 0.1) is 30.3 Å². The van der Waals surface area contributed by atoms with Crippen molar-refractivity contribution in [2.75, 3.05) is 29.5 Å². The van der Waals surface area contributed by atoms with Crippen molar-refractivity contribution in [1.29, 1.82) is 0 Å². The first-order valence-electron chi connectivity index (χ1n) is 11.2. The average molecular weight is 490 g/mol. The van der Waals surface area contributed by atoms with Gasteiger partial charge >= 0.3 is 0 Å². The number of amides is 2. The fraction of sp³-hybridized carbons (Fsp3) is 0.208. The molecule has 0 fully saturated rings. The van der Waals surface area contributed by atoms with Gasteiger partial charge in [0.1, 0.15) is 23.3 Å². The molecule has 4 N–H and O–H groups in total. The maximum absolute atomic E-state index is 14.0. The Balaban J connectivity index is 1.66. The molecular weight excluding hydrogens is 467 g/mol. The second-order valence-corrected chi connectivity index (χ2v) is 8.21. The van der Waals surface area contributed by atoms with E-state index in [4.69, 9.17) is 9.72 Å². The molecule has 1 unspecified atom stereocenters. The molecule has 5 rings (SSSR count). The van der Waals surface area contributed by atoms with Crippen LogP contribution in [-0.2, 0) is 11.3 Å². The highest BCUT2D eigenvalue weighted by Crippen LogP contribution is 2.33. The van der Waals surface area contributed by atoms with Crippen molar-refractivity contribution in [2.24, 2.45) is 0 Å². The third-order valence-corrected chi connectivity index (χ3v) is 5.75. The van der Waals surface area contributed by atoms with Crippen LogP contribution in [0.5, 0.6) is 5.88 Å². The van der Waals surface area contributed by atoms with Crippen LogP contribution >= 0.6 is 0 Å². The fourth-order valence-corrected chi connectivity index (χ4v) is 3.97. The van der Waals surface area contributed by atoms with E-state index in [0.29, 0.717) is 40.3 Å². The fourth-order valence-electron chi connectivity index (χ4n) is 3.97. The molecule has 0 saturated heterocycles. The van der Waals surface area contributed by atoms with Crippen LogP contribution in [0.25, 0.3) is 16.8 Å². The number of carbonyl (C=O) groups excluding carboxylic acids is 2. The molecule has 4 heterocycles. The van der Waals surface area contributed by atoms with Gasteiger partial charge < -0.3 is 26.0 Å². The Morgan fingerprint density at radius 1 is 1.19 bits per heavy atom. The molecular formula is C24H23FN8O3. The summed E-state index contributed by atoms with van der Waals surface area (Å²) in [6.45, 7) is 2.14. The number of rotatable bonds is 4. The van der Waals surface area contributed by atoms with Crippen molar-refractivity contribution < 1.29 is 18.7 Å². The number of fused-ring (bicyclic) bond motifs is 2. The highest BCUT2D eigenvalue weighted by Gasteiger charge is 2.21. The summed E-state index contributed by atoms with van der Waals surface area (Å²) in [5.74, 6) is -0.174. The number of ether oxygens (including phenoxy) is 1. The predicted octanol–water partition coefficient (Wildman–Crippen LogP) is 2.66. The first-order chi connectivity index (χ1) is 17.5. The van der Waals surface area contributed by atoms with Crippen LogP contribution in [0.15, 0.2) is 42.9 Å². The lowest BCUT2D eigenvalue weighted by Gasteiger charge is -2.17. The second kappa shape index (κ2) is 9.49. The van der Waals surface area contributed by atoms with Gasteiger partial charge in [-0.25, -0.2) is 18.9 Å². The molecule has 3 aromatic heterocycles. The highest BCUT2D eigenvalue weighted by molar-refractivity contribution is 6.00. The number of halogens is 1. The van der Waals surface area contributed by atoms with E-state index in [0.717, 1.165) is 17.4 Å². The largest absolute Gasteiger partial charge is 0.473 e. The molecule has 2 bridgehead atoms. The Bertz CT molecular complexity index is 1470. The summed E-state index contributed by atoms with van der Waals surface area (Å²) >= 11 is 0. The summed E-state index contributed by atoms with van der Waals surface area (Å²) in [5, 5.41) is 16.1. The Labute approximate surface area is 205 Å². The first-order valence-corrected chi connectivity index (χ1v) is 11.2. The van der Waals surface area contributed by atoms with Crippen LogP contribution in [0, 0.1) is 5.82 Å². The Morgan fingerprint density at radius 3 is 2.86 bits per heavy atom. The molecule has 0 spiro atoms. The third-order valence-electron chi connectivity index (χ3n) is 5.75. The van der Waals surface area contributed by atoms with Gasteiger partial charge in [-0.15, -0.1) is 0 Å². The van der Waals surface area contributed by atoms with E-state index < -0.39 is 11.9 Å². The Kier molecular flexibility index (Phi) is 6.07. The normalized spacial score (nSPS) is 15.4. The number of nitrogens with zero attached hydrogens (tertiary/aromatic N) is 4. The lowest BCUT2D eigenvalue weighted by atomic mass is 10.1. The SMILES string of the molecule is CNc1ccc(-c2cn3ncc4c3nc2NCc2cc(F)cnc2OC(C)CNC4=O)cc1NC=O. The van der Waals surface area contributed by atoms with E-state index >= 15 is 0 Å². The first kappa shape index (κ1) is 23.0. The van der Waals surface area contributed by atoms with Crippen LogP contribution in [0.3, 0.4) is 0 Å². The van der Waals surface area contributed by atoms with Gasteiger partial charge in [-0.1, -0.05) is 6.07 Å². The molecule has 1 atom stereocenters. The van der Waals surface area contributed by atoms with Crippen molar-refractivity contribution in [3.8, 4) is 17.0 Å². The molecule has 0 radical (unpaired) electrons. The summed E-state index contributed by atoms with van der Waals surface area (Å²) in [6, 6.07) is 6.82. The monoisotopic (exact) mass is 490 g/mol. The summed E-state index contributed by atoms with van der Waals surface area (Å²) in [7, 11) is 1.75. The van der Waals surface area contributed by atoms with E-state index in [9.17, 15) is 14.0 Å². The van der Waals surface area contributed by atoms with Crippen LogP contribution < -0.4 is 26.0 Å². The summed E-state index contributed by atoms with van der Waals surface area (Å²) < 4.78 is 21.5. The number of pyridine rings is 1. The summed E-state index contributed by atoms with van der Waals surface area (Å²) in [4.78, 5) is 32.8. The molecule has 0 aliphatic carbocycles. The van der Waals surface area contributed by atoms with Gasteiger partial charge in [0, 0.05) is 30.9 Å². The van der Waals surface area contributed by atoms with Gasteiger partial charge in [-0.2, -0.15) is 5.10 Å². The number of anilines is 3. The number of hydrogen-bond acceptors (Lipinski definition) is 8. The maximum Gasteiger partial charge on any atom is 0.256 e. The molecule has 36 heavy (non-hydrogen) atoms. The molecule has 12 heteroatoms. The van der Waals surface area contributed by atoms with Crippen LogP contribution in [0.2, 0.25) is 0 Å². The molecule has 184 valence electrons. The van der Waals surface area contributed by atoms with Gasteiger partial charge in [0.25, 0.3) is 5.91 Å². The van der Waals surface area contributed by atoms with Gasteiger partial charge in [0.15, 0.2) is 5.65 Å². The smallest absolute Gasteiger partial charge is 0.256 e. The van der Waals surface area contributed by atoms with E-state index in [1.54, 1.807) is 26.2 Å². The number of hydrogen-bond donors (Lipinski definition) is 4. The second-order valence-electron chi connectivity index (χ2n) is 8.21. The van der Waals surface area contributed by atoms with Gasteiger partial charge in [0.2, 0.25) is 12.3 Å². The van der Waals surface area contributed by atoms with Crippen molar-refractivity contribution >= 4 is 35.2 Å². The standard InChI is InChI=1S/C24H23FN8O3/c1-13-7-28-23(35)17-10-31-33-11-18(14-3-4-19(26-2)20(6-14)30-12-34)21(32-22(17)33)27-8-15-5-16(25)9-29-24(15)36-13/h3-6,9-13,26H,7-8H2,1-2H3,(H,27,32)(H,28,35)(H,30,34). The van der Waals surface area contributed by atoms with Gasteiger partial charge in [-0.3, -0.25) is 9.59 Å². The van der Waals surface area contributed by atoms with Crippen LogP contribution in [0.4, 0.5) is 21.6 Å². The van der Waals surface area contributed by atoms with Crippen LogP contribution in [0.1, 0.15) is 22.8 Å². The summed E-state index contributed by atoms with van der Waals surface area (Å²) in [6.07, 6.45) is 4.45. The molecule has 0 saturated carbocycles. The minimum Gasteiger partial charge on any atom is -0.473 e. The highest BCUT2D eigenvalue weighted by atomic mass is 19.1. The zero-order valence-electron chi connectivity index (χ0n) is 19.5.